The van der Waals surface area contributed by atoms with Crippen molar-refractivity contribution in [2.45, 2.75) is 38.3 Å². The summed E-state index contributed by atoms with van der Waals surface area (Å²) in [7, 11) is 0. The summed E-state index contributed by atoms with van der Waals surface area (Å²) in [5.41, 5.74) is -0.184. The first kappa shape index (κ1) is 17.4. The van der Waals surface area contributed by atoms with Crippen molar-refractivity contribution < 1.29 is 14.3 Å². The molecular weight excluding hydrogens is 360 g/mol. The zero-order chi connectivity index (χ0) is 18.6. The van der Waals surface area contributed by atoms with E-state index >= 15 is 0 Å². The lowest BCUT2D eigenvalue weighted by Crippen LogP contribution is -2.69. The fraction of sp³-hybridized carbons (Fsp3) is 0.619. The number of para-hydroxylation sites is 1. The van der Waals surface area contributed by atoms with Crippen molar-refractivity contribution in [3.05, 3.63) is 29.8 Å². The molecule has 0 radical (unpaired) electrons. The molecule has 6 heteroatoms. The van der Waals surface area contributed by atoms with Crippen LogP contribution in [0.4, 0.5) is 0 Å². The molecule has 4 atom stereocenters. The minimum Gasteiger partial charge on any atom is -0.467 e. The Morgan fingerprint density at radius 2 is 2.07 bits per heavy atom. The highest BCUT2D eigenvalue weighted by Crippen LogP contribution is 2.59. The number of benzene rings is 1. The fourth-order valence-corrected chi connectivity index (χ4v) is 6.54. The summed E-state index contributed by atoms with van der Waals surface area (Å²) in [5, 5.41) is 3.19. The number of rotatable bonds is 1. The van der Waals surface area contributed by atoms with E-state index in [4.69, 9.17) is 4.74 Å². The van der Waals surface area contributed by atoms with Crippen molar-refractivity contribution in [3.8, 4) is 5.75 Å². The van der Waals surface area contributed by atoms with E-state index in [2.05, 4.69) is 17.1 Å². The zero-order valence-electron chi connectivity index (χ0n) is 15.7. The van der Waals surface area contributed by atoms with Crippen molar-refractivity contribution in [1.29, 1.82) is 0 Å². The number of hydrogen-bond donors (Lipinski definition) is 1. The van der Waals surface area contributed by atoms with Gasteiger partial charge in [-0.05, 0) is 36.8 Å². The second kappa shape index (κ2) is 6.16. The molecule has 2 amide bonds. The minimum absolute atomic E-state index is 0.0441. The summed E-state index contributed by atoms with van der Waals surface area (Å²) in [4.78, 5) is 28.1. The number of nitrogens with one attached hydrogen (secondary N) is 1. The average molecular weight is 387 g/mol. The summed E-state index contributed by atoms with van der Waals surface area (Å²) >= 11 is 1.93. The molecule has 3 aliphatic carbocycles. The van der Waals surface area contributed by atoms with Gasteiger partial charge in [0.05, 0.1) is 5.56 Å². The van der Waals surface area contributed by atoms with E-state index < -0.39 is 5.72 Å². The number of nitrogens with zero attached hydrogens (tertiary/aromatic N) is 1. The molecule has 1 aromatic carbocycles. The predicted molar refractivity (Wildman–Crippen MR) is 105 cm³/mol. The van der Waals surface area contributed by atoms with Gasteiger partial charge in [-0.25, -0.2) is 0 Å². The SMILES string of the molecule is C[C@@]12CC[C@@H](C[C@@H]1C(=O)N1CCSCC1)[C@@]1(C2)NC(=O)c2ccccc2O1. The van der Waals surface area contributed by atoms with Gasteiger partial charge in [0.2, 0.25) is 5.91 Å². The van der Waals surface area contributed by atoms with Crippen LogP contribution in [-0.4, -0.2) is 47.0 Å². The topological polar surface area (TPSA) is 58.6 Å². The van der Waals surface area contributed by atoms with Gasteiger partial charge in [0.15, 0.2) is 5.72 Å². The molecule has 1 aromatic rings. The molecular formula is C21H26N2O3S. The van der Waals surface area contributed by atoms with E-state index in [0.717, 1.165) is 43.9 Å². The maximum Gasteiger partial charge on any atom is 0.258 e. The molecule has 5 aliphatic rings. The third-order valence-electron chi connectivity index (χ3n) is 7.12. The zero-order valence-corrected chi connectivity index (χ0v) is 16.5. The van der Waals surface area contributed by atoms with Crippen LogP contribution in [0.3, 0.4) is 0 Å². The van der Waals surface area contributed by atoms with Crippen molar-refractivity contribution in [2.24, 2.45) is 17.3 Å². The number of amides is 2. The lowest BCUT2D eigenvalue weighted by molar-refractivity contribution is -0.174. The van der Waals surface area contributed by atoms with E-state index in [1.807, 2.05) is 30.0 Å². The van der Waals surface area contributed by atoms with Gasteiger partial charge in [0, 0.05) is 42.9 Å². The third-order valence-corrected chi connectivity index (χ3v) is 8.06. The molecule has 1 saturated heterocycles. The fourth-order valence-electron chi connectivity index (χ4n) is 5.64. The predicted octanol–water partition coefficient (Wildman–Crippen LogP) is 2.91. The van der Waals surface area contributed by atoms with Gasteiger partial charge in [0.25, 0.3) is 5.91 Å². The molecule has 2 bridgehead atoms. The normalized spacial score (nSPS) is 37.5. The van der Waals surface area contributed by atoms with Crippen LogP contribution < -0.4 is 10.1 Å². The van der Waals surface area contributed by atoms with Crippen molar-refractivity contribution in [2.75, 3.05) is 24.6 Å². The molecule has 3 saturated carbocycles. The number of ether oxygens (including phenoxy) is 1. The number of hydrogen-bond acceptors (Lipinski definition) is 4. The molecule has 0 aromatic heterocycles. The first-order valence-corrected chi connectivity index (χ1v) is 11.1. The van der Waals surface area contributed by atoms with E-state index in [-0.39, 0.29) is 23.2 Å². The van der Waals surface area contributed by atoms with Crippen LogP contribution in [0.1, 0.15) is 43.0 Å². The smallest absolute Gasteiger partial charge is 0.258 e. The molecule has 6 rings (SSSR count). The van der Waals surface area contributed by atoms with Crippen molar-refractivity contribution in [1.82, 2.24) is 10.2 Å². The van der Waals surface area contributed by atoms with Gasteiger partial charge in [-0.3, -0.25) is 9.59 Å². The molecule has 4 fully saturated rings. The minimum atomic E-state index is -0.660. The summed E-state index contributed by atoms with van der Waals surface area (Å²) < 4.78 is 6.44. The highest BCUT2D eigenvalue weighted by atomic mass is 32.2. The van der Waals surface area contributed by atoms with Crippen molar-refractivity contribution >= 4 is 23.6 Å². The van der Waals surface area contributed by atoms with Crippen LogP contribution >= 0.6 is 11.8 Å². The maximum atomic E-state index is 13.3. The van der Waals surface area contributed by atoms with Gasteiger partial charge in [-0.2, -0.15) is 11.8 Å². The molecule has 144 valence electrons. The third kappa shape index (κ3) is 2.67. The van der Waals surface area contributed by atoms with Crippen LogP contribution in [0.15, 0.2) is 24.3 Å². The van der Waals surface area contributed by atoms with Crippen LogP contribution in [0.2, 0.25) is 0 Å². The van der Waals surface area contributed by atoms with Crippen LogP contribution in [0, 0.1) is 17.3 Å². The van der Waals surface area contributed by atoms with E-state index in [1.165, 1.54) is 0 Å². The Labute approximate surface area is 164 Å². The number of thioether (sulfide) groups is 1. The first-order valence-electron chi connectivity index (χ1n) is 9.98. The van der Waals surface area contributed by atoms with Gasteiger partial charge in [-0.15, -0.1) is 0 Å². The molecule has 2 heterocycles. The molecule has 27 heavy (non-hydrogen) atoms. The Balaban J connectivity index is 1.43. The van der Waals surface area contributed by atoms with E-state index in [0.29, 0.717) is 23.6 Å². The lowest BCUT2D eigenvalue weighted by Gasteiger charge is -2.60. The number of fused-ring (bicyclic) bond motifs is 3. The largest absolute Gasteiger partial charge is 0.467 e. The summed E-state index contributed by atoms with van der Waals surface area (Å²) in [6.45, 7) is 3.96. The molecule has 2 aliphatic heterocycles. The van der Waals surface area contributed by atoms with Crippen molar-refractivity contribution in [3.63, 3.8) is 0 Å². The van der Waals surface area contributed by atoms with E-state index in [1.54, 1.807) is 6.07 Å². The Morgan fingerprint density at radius 3 is 2.85 bits per heavy atom. The number of carbonyl (C=O) groups excluding carboxylic acids is 2. The Hall–Kier alpha value is -1.69. The average Bonchev–Trinajstić information content (AvgIpc) is 2.68. The molecule has 1 N–H and O–H groups in total. The summed E-state index contributed by atoms with van der Waals surface area (Å²) in [6, 6.07) is 7.46. The highest BCUT2D eigenvalue weighted by molar-refractivity contribution is 7.99. The quantitative estimate of drug-likeness (QED) is 0.806. The van der Waals surface area contributed by atoms with Crippen LogP contribution in [0.5, 0.6) is 5.75 Å². The van der Waals surface area contributed by atoms with Crippen LogP contribution in [-0.2, 0) is 4.79 Å². The monoisotopic (exact) mass is 386 g/mol. The summed E-state index contributed by atoms with van der Waals surface area (Å²) in [5.74, 6) is 3.25. The second-order valence-corrected chi connectivity index (χ2v) is 9.96. The maximum absolute atomic E-state index is 13.3. The standard InChI is InChI=1S/C21H26N2O3S/c1-20-7-6-14(12-16(20)19(25)23-8-10-27-11-9-23)21(13-20)22-18(24)15-4-2-3-5-17(15)26-21/h2-5,14,16H,6-13H2,1H3,(H,22,24)/t14-,16+,20-,21-/m0/s1. The highest BCUT2D eigenvalue weighted by Gasteiger charge is 2.62. The van der Waals surface area contributed by atoms with Gasteiger partial charge in [-0.1, -0.05) is 19.1 Å². The molecule has 5 nitrogen and oxygen atoms in total. The Morgan fingerprint density at radius 1 is 1.30 bits per heavy atom. The van der Waals surface area contributed by atoms with Crippen LogP contribution in [0.25, 0.3) is 0 Å². The van der Waals surface area contributed by atoms with Gasteiger partial charge >= 0.3 is 0 Å². The number of carbonyl (C=O) groups is 2. The van der Waals surface area contributed by atoms with Gasteiger partial charge < -0.3 is 15.0 Å². The molecule has 0 unspecified atom stereocenters. The summed E-state index contributed by atoms with van der Waals surface area (Å²) in [6.07, 6.45) is 3.54. The Kier molecular flexibility index (Phi) is 3.97. The lowest BCUT2D eigenvalue weighted by atomic mass is 9.52. The first-order chi connectivity index (χ1) is 13.0. The van der Waals surface area contributed by atoms with E-state index in [9.17, 15) is 9.59 Å². The Bertz CT molecular complexity index is 793. The van der Waals surface area contributed by atoms with Gasteiger partial charge in [0.1, 0.15) is 5.75 Å². The molecule has 1 spiro atoms. The second-order valence-electron chi connectivity index (χ2n) is 8.73.